The Labute approximate surface area is 167 Å². The van der Waals surface area contributed by atoms with E-state index in [1.54, 1.807) is 16.7 Å². The first kappa shape index (κ1) is 18.1. The molecule has 0 saturated carbocycles. The van der Waals surface area contributed by atoms with Gasteiger partial charge in [-0.15, -0.1) is 0 Å². The number of fused-ring (bicyclic) bond motifs is 5. The molecule has 0 amide bonds. The highest BCUT2D eigenvalue weighted by Gasteiger charge is 2.23. The first-order valence-electron chi connectivity index (χ1n) is 10.1. The van der Waals surface area contributed by atoms with E-state index in [0.717, 1.165) is 35.6 Å². The second-order valence-electron chi connectivity index (χ2n) is 8.00. The molecule has 0 aliphatic carbocycles. The first-order valence-corrected chi connectivity index (χ1v) is 10.1. The van der Waals surface area contributed by atoms with Crippen LogP contribution in [0.25, 0.3) is 27.6 Å². The lowest BCUT2D eigenvalue weighted by Crippen LogP contribution is -2.54. The third-order valence-corrected chi connectivity index (χ3v) is 5.77. The molecule has 150 valence electrons. The van der Waals surface area contributed by atoms with E-state index in [1.807, 2.05) is 23.5 Å². The molecule has 0 radical (unpaired) electrons. The van der Waals surface area contributed by atoms with E-state index in [2.05, 4.69) is 24.1 Å². The average molecular weight is 393 g/mol. The second-order valence-corrected chi connectivity index (χ2v) is 8.00. The molecule has 4 heterocycles. The highest BCUT2D eigenvalue weighted by molar-refractivity contribution is 5.92. The normalized spacial score (nSPS) is 20.2. The minimum Gasteiger partial charge on any atom is -0.353 e. The number of hydrogen-bond acceptors (Lipinski definition) is 4. The van der Waals surface area contributed by atoms with Crippen LogP contribution in [0.1, 0.15) is 20.8 Å². The maximum atomic E-state index is 13.8. The Balaban J connectivity index is 1.83. The predicted octanol–water partition coefficient (Wildman–Crippen LogP) is 3.15. The average Bonchev–Trinajstić information content (AvgIpc) is 3.06. The van der Waals surface area contributed by atoms with Crippen molar-refractivity contribution < 1.29 is 4.39 Å². The van der Waals surface area contributed by atoms with Crippen molar-refractivity contribution in [1.82, 2.24) is 19.3 Å². The largest absolute Gasteiger partial charge is 0.353 e. The molecule has 1 N–H and O–H groups in total. The van der Waals surface area contributed by atoms with E-state index in [4.69, 9.17) is 4.98 Å². The standard InChI is InChI=1S/C22H24FN5O/c1-4-27-18-7-8-20(26-11-13(2)24-14(3)12-26)25-21(18)28-17-6-5-16(23)9-15(17)10-19(28)22(27)29/h5-10,13-14,24H,4,11-12H2,1-3H3/t13-,14+. The van der Waals surface area contributed by atoms with Gasteiger partial charge in [-0.1, -0.05) is 0 Å². The molecule has 29 heavy (non-hydrogen) atoms. The maximum Gasteiger partial charge on any atom is 0.275 e. The van der Waals surface area contributed by atoms with Crippen LogP contribution in [0.5, 0.6) is 0 Å². The molecular weight excluding hydrogens is 369 g/mol. The van der Waals surface area contributed by atoms with Gasteiger partial charge < -0.3 is 14.8 Å². The summed E-state index contributed by atoms with van der Waals surface area (Å²) in [6, 6.07) is 11.1. The topological polar surface area (TPSA) is 54.6 Å². The van der Waals surface area contributed by atoms with Gasteiger partial charge in [0, 0.05) is 37.1 Å². The van der Waals surface area contributed by atoms with Gasteiger partial charge in [0.1, 0.15) is 17.2 Å². The predicted molar refractivity (Wildman–Crippen MR) is 114 cm³/mol. The van der Waals surface area contributed by atoms with Crippen molar-refractivity contribution in [2.75, 3.05) is 18.0 Å². The summed E-state index contributed by atoms with van der Waals surface area (Å²) in [6.45, 7) is 8.58. The second kappa shape index (κ2) is 6.56. The number of rotatable bonds is 2. The summed E-state index contributed by atoms with van der Waals surface area (Å²) in [5, 5.41) is 4.24. The molecule has 0 unspecified atom stereocenters. The van der Waals surface area contributed by atoms with Crippen LogP contribution in [0.3, 0.4) is 0 Å². The van der Waals surface area contributed by atoms with Gasteiger partial charge in [0.05, 0.1) is 11.0 Å². The zero-order valence-electron chi connectivity index (χ0n) is 16.8. The Morgan fingerprint density at radius 3 is 2.52 bits per heavy atom. The van der Waals surface area contributed by atoms with E-state index in [-0.39, 0.29) is 11.4 Å². The minimum atomic E-state index is -0.314. The Bertz CT molecular complexity index is 1300. The molecule has 1 aliphatic heterocycles. The number of nitrogens with zero attached hydrogens (tertiary/aromatic N) is 4. The fourth-order valence-electron chi connectivity index (χ4n) is 4.63. The lowest BCUT2D eigenvalue weighted by atomic mass is 10.1. The van der Waals surface area contributed by atoms with Crippen LogP contribution in [0.15, 0.2) is 41.2 Å². The molecule has 2 atom stereocenters. The molecule has 3 aromatic heterocycles. The number of aromatic nitrogens is 3. The third kappa shape index (κ3) is 2.80. The fourth-order valence-corrected chi connectivity index (χ4v) is 4.63. The molecular formula is C22H24FN5O. The lowest BCUT2D eigenvalue weighted by molar-refractivity contribution is 0.405. The summed E-state index contributed by atoms with van der Waals surface area (Å²) in [5.41, 5.74) is 2.73. The van der Waals surface area contributed by atoms with Gasteiger partial charge in [0.15, 0.2) is 5.65 Å². The van der Waals surface area contributed by atoms with Crippen molar-refractivity contribution in [3.05, 3.63) is 52.6 Å². The van der Waals surface area contributed by atoms with Crippen LogP contribution >= 0.6 is 0 Å². The molecule has 1 aliphatic rings. The van der Waals surface area contributed by atoms with Gasteiger partial charge in [-0.25, -0.2) is 9.37 Å². The van der Waals surface area contributed by atoms with Crippen LogP contribution in [0, 0.1) is 5.82 Å². The monoisotopic (exact) mass is 393 g/mol. The van der Waals surface area contributed by atoms with Crippen LogP contribution in [-0.4, -0.2) is 39.1 Å². The van der Waals surface area contributed by atoms with Gasteiger partial charge in [0.2, 0.25) is 0 Å². The lowest BCUT2D eigenvalue weighted by Gasteiger charge is -2.37. The highest BCUT2D eigenvalue weighted by Crippen LogP contribution is 2.26. The molecule has 5 rings (SSSR count). The van der Waals surface area contributed by atoms with Crippen molar-refractivity contribution in [3.8, 4) is 0 Å². The Kier molecular flexibility index (Phi) is 4.10. The molecule has 7 heteroatoms. The molecule has 1 saturated heterocycles. The van der Waals surface area contributed by atoms with Crippen molar-refractivity contribution >= 4 is 33.4 Å². The van der Waals surface area contributed by atoms with Crippen LogP contribution in [0.4, 0.5) is 10.2 Å². The van der Waals surface area contributed by atoms with Crippen molar-refractivity contribution in [3.63, 3.8) is 0 Å². The van der Waals surface area contributed by atoms with Gasteiger partial charge in [-0.05, 0) is 57.2 Å². The SMILES string of the molecule is CCn1c(=O)c2cc3cc(F)ccc3n2c2nc(N3C[C@@H](C)N[C@@H](C)C3)ccc21. The zero-order valence-corrected chi connectivity index (χ0v) is 16.8. The zero-order chi connectivity index (χ0) is 20.3. The highest BCUT2D eigenvalue weighted by atomic mass is 19.1. The van der Waals surface area contributed by atoms with Crippen molar-refractivity contribution in [2.45, 2.75) is 39.4 Å². The number of nitrogens with one attached hydrogen (secondary N) is 1. The summed E-state index contributed by atoms with van der Waals surface area (Å²) in [6.07, 6.45) is 0. The fraction of sp³-hybridized carbons (Fsp3) is 0.364. The quantitative estimate of drug-likeness (QED) is 0.569. The van der Waals surface area contributed by atoms with Crippen LogP contribution < -0.4 is 15.8 Å². The molecule has 1 fully saturated rings. The summed E-state index contributed by atoms with van der Waals surface area (Å²) in [7, 11) is 0. The van der Waals surface area contributed by atoms with E-state index in [0.29, 0.717) is 29.5 Å². The summed E-state index contributed by atoms with van der Waals surface area (Å²) >= 11 is 0. The van der Waals surface area contributed by atoms with Gasteiger partial charge >= 0.3 is 0 Å². The minimum absolute atomic E-state index is 0.0874. The summed E-state index contributed by atoms with van der Waals surface area (Å²) in [5.74, 6) is 0.579. The number of pyridine rings is 1. The number of aryl methyl sites for hydroxylation is 1. The number of anilines is 1. The van der Waals surface area contributed by atoms with Gasteiger partial charge in [-0.2, -0.15) is 0 Å². The molecule has 0 spiro atoms. The van der Waals surface area contributed by atoms with E-state index < -0.39 is 0 Å². The Morgan fingerprint density at radius 1 is 1.07 bits per heavy atom. The maximum absolute atomic E-state index is 13.8. The summed E-state index contributed by atoms with van der Waals surface area (Å²) < 4.78 is 17.4. The third-order valence-electron chi connectivity index (χ3n) is 5.77. The number of hydrogen-bond donors (Lipinski definition) is 1. The van der Waals surface area contributed by atoms with Crippen LogP contribution in [-0.2, 0) is 6.54 Å². The molecule has 1 aromatic carbocycles. The molecule has 0 bridgehead atoms. The van der Waals surface area contributed by atoms with Gasteiger partial charge in [-0.3, -0.25) is 9.20 Å². The molecule has 4 aromatic rings. The summed E-state index contributed by atoms with van der Waals surface area (Å²) in [4.78, 5) is 20.4. The number of halogens is 1. The number of piperazine rings is 1. The van der Waals surface area contributed by atoms with Gasteiger partial charge in [0.25, 0.3) is 5.56 Å². The van der Waals surface area contributed by atoms with Crippen molar-refractivity contribution in [1.29, 1.82) is 0 Å². The van der Waals surface area contributed by atoms with E-state index in [1.165, 1.54) is 12.1 Å². The van der Waals surface area contributed by atoms with Crippen LogP contribution in [0.2, 0.25) is 0 Å². The number of benzene rings is 1. The van der Waals surface area contributed by atoms with Crippen molar-refractivity contribution in [2.24, 2.45) is 0 Å². The Hall–Kier alpha value is -2.93. The Morgan fingerprint density at radius 2 is 1.79 bits per heavy atom. The van der Waals surface area contributed by atoms with E-state index in [9.17, 15) is 9.18 Å². The molecule has 6 nitrogen and oxygen atoms in total. The first-order chi connectivity index (χ1) is 14.0. The smallest absolute Gasteiger partial charge is 0.275 e. The van der Waals surface area contributed by atoms with E-state index >= 15 is 0 Å².